The number of rotatable bonds is 7. The second kappa shape index (κ2) is 7.27. The Kier molecular flexibility index (Phi) is 5.39. The first kappa shape index (κ1) is 14.8. The minimum Gasteiger partial charge on any atom is -0.491 e. The van der Waals surface area contributed by atoms with Crippen LogP contribution in [0.4, 0.5) is 0 Å². The molecule has 20 heavy (non-hydrogen) atoms. The fraction of sp³-hybridized carbons (Fsp3) is 0.412. The van der Waals surface area contributed by atoms with E-state index >= 15 is 0 Å². The lowest BCUT2D eigenvalue weighted by atomic mass is 10.1. The predicted octanol–water partition coefficient (Wildman–Crippen LogP) is 1.50. The molecule has 0 spiro atoms. The summed E-state index contributed by atoms with van der Waals surface area (Å²) >= 11 is 0. The highest BCUT2D eigenvalue weighted by molar-refractivity contribution is 5.83. The number of hydrogen-bond donors (Lipinski definition) is 2. The number of benzene rings is 2. The molecule has 0 amide bonds. The Morgan fingerprint density at radius 1 is 1.05 bits per heavy atom. The van der Waals surface area contributed by atoms with E-state index in [0.29, 0.717) is 6.61 Å². The summed E-state index contributed by atoms with van der Waals surface area (Å²) in [5.41, 5.74) is 0. The van der Waals surface area contributed by atoms with Crippen LogP contribution in [-0.2, 0) is 0 Å². The van der Waals surface area contributed by atoms with Gasteiger partial charge in [0.1, 0.15) is 25.0 Å². The molecule has 2 N–H and O–H groups in total. The van der Waals surface area contributed by atoms with Crippen LogP contribution in [-0.4, -0.2) is 37.5 Å². The maximum Gasteiger partial charge on any atom is 0.137 e. The second-order valence-corrected chi connectivity index (χ2v) is 5.14. The number of aliphatic hydroxyl groups is 1. The molecule has 1 atom stereocenters. The van der Waals surface area contributed by atoms with E-state index < -0.39 is 6.10 Å². The van der Waals surface area contributed by atoms with Gasteiger partial charge in [-0.15, -0.1) is 0 Å². The first-order valence-electron chi connectivity index (χ1n) is 7.36. The third-order valence-corrected chi connectivity index (χ3v) is 3.69. The smallest absolute Gasteiger partial charge is 0.137 e. The monoisotopic (exact) mass is 274 g/mol. The molecular formula is C17H24NO2+. The minimum absolute atomic E-state index is 0.349. The van der Waals surface area contributed by atoms with Crippen molar-refractivity contribution in [3.05, 3.63) is 42.5 Å². The molecule has 3 heteroatoms. The molecule has 108 valence electrons. The number of aliphatic hydroxyl groups excluding tert-OH is 1. The zero-order valence-electron chi connectivity index (χ0n) is 12.3. The highest BCUT2D eigenvalue weighted by atomic mass is 16.5. The van der Waals surface area contributed by atoms with Crippen molar-refractivity contribution in [3.63, 3.8) is 0 Å². The van der Waals surface area contributed by atoms with Crippen molar-refractivity contribution in [2.24, 2.45) is 0 Å². The molecule has 0 radical (unpaired) electrons. The van der Waals surface area contributed by atoms with Gasteiger partial charge in [-0.25, -0.2) is 0 Å². The number of likely N-dealkylation sites (N-methyl/N-ethyl adjacent to an activating group) is 1. The molecule has 2 aromatic carbocycles. The van der Waals surface area contributed by atoms with E-state index in [0.717, 1.165) is 30.8 Å². The average Bonchev–Trinajstić information content (AvgIpc) is 2.50. The molecule has 0 heterocycles. The molecule has 0 saturated heterocycles. The lowest BCUT2D eigenvalue weighted by Gasteiger charge is -2.19. The Morgan fingerprint density at radius 3 is 2.45 bits per heavy atom. The van der Waals surface area contributed by atoms with Crippen LogP contribution in [0.15, 0.2) is 42.5 Å². The Morgan fingerprint density at radius 2 is 1.75 bits per heavy atom. The van der Waals surface area contributed by atoms with E-state index in [9.17, 15) is 5.11 Å². The molecule has 0 aliphatic heterocycles. The third kappa shape index (κ3) is 3.95. The van der Waals surface area contributed by atoms with Gasteiger partial charge in [-0.3, -0.25) is 0 Å². The van der Waals surface area contributed by atoms with Gasteiger partial charge in [-0.2, -0.15) is 0 Å². The molecule has 2 rings (SSSR count). The Labute approximate surface area is 120 Å². The topological polar surface area (TPSA) is 33.9 Å². The van der Waals surface area contributed by atoms with Crippen LogP contribution in [0.1, 0.15) is 13.8 Å². The number of fused-ring (bicyclic) bond motifs is 1. The van der Waals surface area contributed by atoms with Crippen molar-refractivity contribution >= 4 is 10.8 Å². The van der Waals surface area contributed by atoms with Crippen LogP contribution >= 0.6 is 0 Å². The lowest BCUT2D eigenvalue weighted by molar-refractivity contribution is -0.899. The van der Waals surface area contributed by atoms with Crippen molar-refractivity contribution in [2.45, 2.75) is 20.0 Å². The molecule has 0 saturated carbocycles. The van der Waals surface area contributed by atoms with E-state index in [4.69, 9.17) is 4.74 Å². The van der Waals surface area contributed by atoms with Gasteiger partial charge in [0.15, 0.2) is 0 Å². The number of quaternary nitrogens is 1. The van der Waals surface area contributed by atoms with Crippen LogP contribution in [0.2, 0.25) is 0 Å². The summed E-state index contributed by atoms with van der Waals surface area (Å²) in [6.07, 6.45) is -0.420. The molecule has 0 fully saturated rings. The Bertz CT molecular complexity index is 537. The Hall–Kier alpha value is -1.58. The second-order valence-electron chi connectivity index (χ2n) is 5.14. The summed E-state index contributed by atoms with van der Waals surface area (Å²) in [5.74, 6) is 0.817. The van der Waals surface area contributed by atoms with E-state index in [1.165, 1.54) is 10.3 Å². The molecule has 0 aliphatic carbocycles. The maximum absolute atomic E-state index is 10.0. The number of hydrogen-bond acceptors (Lipinski definition) is 2. The van der Waals surface area contributed by atoms with Gasteiger partial charge >= 0.3 is 0 Å². The predicted molar refractivity (Wildman–Crippen MR) is 82.4 cm³/mol. The van der Waals surface area contributed by atoms with Gasteiger partial charge in [0.25, 0.3) is 0 Å². The SMILES string of the molecule is CC[NH+](CC)CC(O)COc1ccc2ccccc2c1. The largest absolute Gasteiger partial charge is 0.491 e. The van der Waals surface area contributed by atoms with Crippen molar-refractivity contribution in [1.29, 1.82) is 0 Å². The molecule has 0 aliphatic rings. The van der Waals surface area contributed by atoms with Crippen LogP contribution in [0.25, 0.3) is 10.8 Å². The zero-order chi connectivity index (χ0) is 14.4. The fourth-order valence-electron chi connectivity index (χ4n) is 2.38. The Balaban J connectivity index is 1.92. The van der Waals surface area contributed by atoms with Crippen molar-refractivity contribution in [2.75, 3.05) is 26.2 Å². The van der Waals surface area contributed by atoms with E-state index in [2.05, 4.69) is 26.0 Å². The molecule has 1 unspecified atom stereocenters. The van der Waals surface area contributed by atoms with Crippen LogP contribution < -0.4 is 9.64 Å². The highest BCUT2D eigenvalue weighted by Crippen LogP contribution is 2.20. The first-order valence-corrected chi connectivity index (χ1v) is 7.36. The van der Waals surface area contributed by atoms with Gasteiger partial charge in [-0.05, 0) is 36.8 Å². The number of nitrogens with one attached hydrogen (secondary N) is 1. The van der Waals surface area contributed by atoms with Crippen LogP contribution in [0.5, 0.6) is 5.75 Å². The van der Waals surface area contributed by atoms with Crippen LogP contribution in [0, 0.1) is 0 Å². The van der Waals surface area contributed by atoms with E-state index in [-0.39, 0.29) is 0 Å². The van der Waals surface area contributed by atoms with Crippen molar-refractivity contribution in [3.8, 4) is 5.75 Å². The molecule has 0 aromatic heterocycles. The van der Waals surface area contributed by atoms with Gasteiger partial charge in [0.05, 0.1) is 13.1 Å². The normalized spacial score (nSPS) is 12.8. The third-order valence-electron chi connectivity index (χ3n) is 3.69. The number of ether oxygens (including phenoxy) is 1. The van der Waals surface area contributed by atoms with Gasteiger partial charge < -0.3 is 14.7 Å². The van der Waals surface area contributed by atoms with Crippen LogP contribution in [0.3, 0.4) is 0 Å². The quantitative estimate of drug-likeness (QED) is 0.802. The summed E-state index contributed by atoms with van der Waals surface area (Å²) < 4.78 is 5.70. The average molecular weight is 274 g/mol. The van der Waals surface area contributed by atoms with E-state index in [1.807, 2.05) is 30.3 Å². The molecule has 0 bridgehead atoms. The summed E-state index contributed by atoms with van der Waals surface area (Å²) in [5, 5.41) is 12.4. The summed E-state index contributed by atoms with van der Waals surface area (Å²) in [4.78, 5) is 1.39. The van der Waals surface area contributed by atoms with Crippen molar-refractivity contribution in [1.82, 2.24) is 0 Å². The van der Waals surface area contributed by atoms with Crippen molar-refractivity contribution < 1.29 is 14.7 Å². The molecular weight excluding hydrogens is 250 g/mol. The molecule has 3 nitrogen and oxygen atoms in total. The summed E-state index contributed by atoms with van der Waals surface area (Å²) in [6, 6.07) is 14.2. The van der Waals surface area contributed by atoms with Gasteiger partial charge in [0, 0.05) is 0 Å². The lowest BCUT2D eigenvalue weighted by Crippen LogP contribution is -3.12. The zero-order valence-corrected chi connectivity index (χ0v) is 12.3. The highest BCUT2D eigenvalue weighted by Gasteiger charge is 2.12. The van der Waals surface area contributed by atoms with Gasteiger partial charge in [-0.1, -0.05) is 30.3 Å². The fourth-order valence-corrected chi connectivity index (χ4v) is 2.38. The minimum atomic E-state index is -0.420. The van der Waals surface area contributed by atoms with E-state index in [1.54, 1.807) is 0 Å². The standard InChI is InChI=1S/C17H23NO2/c1-3-18(4-2)12-16(19)13-20-17-10-9-14-7-5-6-8-15(14)11-17/h5-11,16,19H,3-4,12-13H2,1-2H3/p+1. The molecule has 2 aromatic rings. The first-order chi connectivity index (χ1) is 9.72. The summed E-state index contributed by atoms with van der Waals surface area (Å²) in [6.45, 7) is 7.42. The summed E-state index contributed by atoms with van der Waals surface area (Å²) in [7, 11) is 0. The maximum atomic E-state index is 10.0. The van der Waals surface area contributed by atoms with Gasteiger partial charge in [0.2, 0.25) is 0 Å².